The summed E-state index contributed by atoms with van der Waals surface area (Å²) in [6, 6.07) is 64.3. The van der Waals surface area contributed by atoms with E-state index in [2.05, 4.69) is 50.8 Å². The van der Waals surface area contributed by atoms with Gasteiger partial charge in [-0.25, -0.2) is 58.9 Å². The standard InChI is InChI=1S/C20H18N4O3.2C18H14N4O3.C14H17NO3.C11H12O3.C8H10N4O.Na.H2O/c1-2-27-19(26)15-5-3-13(4-6-15)17-11-12-22-20(24-17)23-16-9-7-14(8-10-16)18(21)25;2*19-16(23)12-5-7-14(8-6-12)21-18-20-10-9-15(22-18)11-1-3-13(4-2-11)17(24)25;1-4-18-14(17)12-7-5-11(6-8-12)13(16)9-10-15(2)3;1-3-14-11(13)10-6-4-9(5-7-10)8(2)12;9-7(13)5-1-3-6(4-2-5)12-8(10)11;;/h3-12H,2H2,1H3,(H2,21,25)(H,22,23,24);2*1-10H,(H2,19,23)(H,24,25)(H,20,21,22);5-10H,4H2,1-3H3;4-7H,3H2,1-2H3;1-4H,(H2,9,13)(H4,10,11,12);;1H2/q;;;;;;+1;/p-1/b;;;10-9+;;;;. The van der Waals surface area contributed by atoms with Crippen molar-refractivity contribution in [2.24, 2.45) is 39.4 Å². The minimum Gasteiger partial charge on any atom is -0.870 e. The Labute approximate surface area is 733 Å². The number of aliphatic imine (C=N–C) groups is 1. The second-order valence-electron chi connectivity index (χ2n) is 25.3. The van der Waals surface area contributed by atoms with Gasteiger partial charge in [-0.3, -0.25) is 28.8 Å². The van der Waals surface area contributed by atoms with E-state index >= 15 is 0 Å². The predicted octanol–water partition coefficient (Wildman–Crippen LogP) is 9.24. The van der Waals surface area contributed by atoms with Gasteiger partial charge in [0, 0.05) is 112 Å². The summed E-state index contributed by atoms with van der Waals surface area (Å²) >= 11 is 0. The van der Waals surface area contributed by atoms with Gasteiger partial charge in [-0.1, -0.05) is 60.7 Å². The Bertz CT molecular complexity index is 5540. The van der Waals surface area contributed by atoms with Crippen molar-refractivity contribution in [1.29, 1.82) is 0 Å². The van der Waals surface area contributed by atoms with Gasteiger partial charge in [0.05, 0.1) is 70.4 Å². The monoisotopic (exact) mass is 1690 g/mol. The first-order chi connectivity index (χ1) is 58.4. The molecule has 9 aromatic carbocycles. The molecule has 0 unspecified atom stereocenters. The number of benzene rings is 9. The maximum absolute atomic E-state index is 11.7. The summed E-state index contributed by atoms with van der Waals surface area (Å²) in [5.74, 6) is -3.94. The Morgan fingerprint density at radius 2 is 0.613 bits per heavy atom. The van der Waals surface area contributed by atoms with Crippen LogP contribution >= 0.6 is 0 Å². The van der Waals surface area contributed by atoms with E-state index in [9.17, 15) is 52.7 Å². The fourth-order valence-corrected chi connectivity index (χ4v) is 10.0. The number of carboxylic acid groups (broad SMARTS) is 2. The molecule has 0 radical (unpaired) electrons. The Balaban J connectivity index is 0.000000269. The van der Waals surface area contributed by atoms with Crippen LogP contribution in [0.3, 0.4) is 0 Å². The van der Waals surface area contributed by atoms with Crippen molar-refractivity contribution in [3.8, 4) is 33.8 Å². The number of anilines is 6. The summed E-state index contributed by atoms with van der Waals surface area (Å²) in [6.45, 7) is 7.78. The Kier molecular flexibility index (Phi) is 39.7. The number of ether oxygens (including phenoxy) is 3. The summed E-state index contributed by atoms with van der Waals surface area (Å²) in [7, 11) is 3.68. The molecule has 0 aliphatic rings. The number of carboxylic acids is 2. The average Bonchev–Trinajstić information content (AvgIpc) is 0.843. The second-order valence-corrected chi connectivity index (χ2v) is 25.3. The van der Waals surface area contributed by atoms with Crippen LogP contribution in [-0.2, 0) is 14.2 Å². The predicted molar refractivity (Wildman–Crippen MR) is 461 cm³/mol. The number of hydrogen-bond donors (Lipinski definition) is 11. The van der Waals surface area contributed by atoms with Crippen molar-refractivity contribution < 1.29 is 112 Å². The number of primary amides is 4. The van der Waals surface area contributed by atoms with Crippen molar-refractivity contribution in [2.45, 2.75) is 27.7 Å². The number of guanidine groups is 1. The van der Waals surface area contributed by atoms with E-state index in [0.29, 0.717) is 122 Å². The van der Waals surface area contributed by atoms with Gasteiger partial charge < -0.3 is 85.2 Å². The number of carbonyl (C=O) groups is 11. The largest absolute Gasteiger partial charge is 1.00 e. The fourth-order valence-electron chi connectivity index (χ4n) is 10.0. The van der Waals surface area contributed by atoms with Crippen LogP contribution in [-0.4, -0.2) is 155 Å². The third-order valence-corrected chi connectivity index (χ3v) is 16.2. The van der Waals surface area contributed by atoms with Crippen LogP contribution < -0.4 is 79.9 Å². The van der Waals surface area contributed by atoms with Crippen LogP contribution in [0.5, 0.6) is 0 Å². The number of rotatable bonds is 26. The van der Waals surface area contributed by atoms with Crippen LogP contribution in [0.4, 0.5) is 40.6 Å². The molecule has 0 aliphatic carbocycles. The summed E-state index contributed by atoms with van der Waals surface area (Å²) < 4.78 is 14.6. The second kappa shape index (κ2) is 50.0. The molecule has 0 atom stereocenters. The SMILES string of the molecule is CCOC(=O)c1ccc(-c2ccnc(Nc3ccc(C(N)=O)cc3)n2)cc1.CCOC(=O)c1ccc(C(=O)/C=C/N(C)C)cc1.CCOC(=O)c1ccc(C(C)=O)cc1.NC(=O)c1ccc(N=C(N)N)cc1.NC(=O)c1ccc(Nc2nccc(-c3ccc(C(=O)O)cc3)n2)cc1.NC(=O)c1ccc(Nc2nccc(-c3ccc(C(=O)O)cc3)n2)cc1.[Na+].[OH-]. The minimum atomic E-state index is -0.976. The third kappa shape index (κ3) is 32.3. The number of carbonyl (C=O) groups excluding carboxylic acids is 9. The fraction of sp³-hybridized carbons (Fsp3) is 0.101. The normalized spacial score (nSPS) is 9.92. The molecule has 12 rings (SSSR count). The van der Waals surface area contributed by atoms with Gasteiger partial charge in [0.2, 0.25) is 41.5 Å². The smallest absolute Gasteiger partial charge is 0.870 e. The molecule has 3 aromatic heterocycles. The van der Waals surface area contributed by atoms with Crippen molar-refractivity contribution >= 4 is 112 Å². The molecule has 0 aliphatic heterocycles. The number of allylic oxidation sites excluding steroid dienone is 1. The van der Waals surface area contributed by atoms with Gasteiger partial charge >= 0.3 is 59.4 Å². The quantitative estimate of drug-likeness (QED) is 0.00457. The molecule has 12 aromatic rings. The van der Waals surface area contributed by atoms with E-state index in [0.717, 1.165) is 22.4 Å². The number of hydrogen-bond acceptors (Lipinski definition) is 26. The Hall–Kier alpha value is -16.0. The van der Waals surface area contributed by atoms with E-state index in [1.54, 1.807) is 263 Å². The van der Waals surface area contributed by atoms with Gasteiger partial charge in [-0.2, -0.15) is 0 Å². The first-order valence-corrected chi connectivity index (χ1v) is 36.8. The van der Waals surface area contributed by atoms with Crippen LogP contribution in [0.2, 0.25) is 0 Å². The van der Waals surface area contributed by atoms with Crippen LogP contribution in [0, 0.1) is 0 Å². The summed E-state index contributed by atoms with van der Waals surface area (Å²) in [6.07, 6.45) is 8.02. The number of aromatic carboxylic acids is 2. The summed E-state index contributed by atoms with van der Waals surface area (Å²) in [4.78, 5) is 154. The molecule has 0 saturated carbocycles. The number of nitrogens with zero attached hydrogens (tertiary/aromatic N) is 8. The van der Waals surface area contributed by atoms with Crippen molar-refractivity contribution in [1.82, 2.24) is 34.8 Å². The topological polar surface area (TPSA) is 571 Å². The van der Waals surface area contributed by atoms with E-state index in [1.807, 2.05) is 14.1 Å². The summed E-state index contributed by atoms with van der Waals surface area (Å²) in [5, 5.41) is 27.0. The van der Waals surface area contributed by atoms with E-state index in [-0.39, 0.29) is 81.6 Å². The zero-order valence-electron chi connectivity index (χ0n) is 68.1. The maximum Gasteiger partial charge on any atom is 1.00 e. The number of amides is 4. The molecule has 0 fully saturated rings. The first-order valence-electron chi connectivity index (χ1n) is 36.8. The van der Waals surface area contributed by atoms with Crippen molar-refractivity contribution in [3.63, 3.8) is 0 Å². The molecule has 35 heteroatoms. The molecule has 630 valence electrons. The maximum atomic E-state index is 11.7. The molecule has 34 nitrogen and oxygen atoms in total. The summed E-state index contributed by atoms with van der Waals surface area (Å²) in [5.41, 5.74) is 42.8. The number of aromatic nitrogens is 6. The first kappa shape index (κ1) is 98.5. The molecule has 18 N–H and O–H groups in total. The molecular formula is C89H86N17NaO17. The molecule has 124 heavy (non-hydrogen) atoms. The van der Waals surface area contributed by atoms with Crippen LogP contribution in [0.1, 0.15) is 142 Å². The van der Waals surface area contributed by atoms with Gasteiger partial charge in [0.15, 0.2) is 17.5 Å². The molecule has 0 bridgehead atoms. The molecule has 3 heterocycles. The van der Waals surface area contributed by atoms with Crippen molar-refractivity contribution in [2.75, 3.05) is 49.9 Å². The third-order valence-electron chi connectivity index (χ3n) is 16.2. The van der Waals surface area contributed by atoms with Crippen LogP contribution in [0.15, 0.2) is 272 Å². The van der Waals surface area contributed by atoms with Gasteiger partial charge in [-0.05, 0) is 204 Å². The van der Waals surface area contributed by atoms with E-state index in [1.165, 1.54) is 37.3 Å². The van der Waals surface area contributed by atoms with E-state index in [4.69, 9.17) is 58.8 Å². The number of nitrogens with one attached hydrogen (secondary N) is 3. The zero-order valence-corrected chi connectivity index (χ0v) is 70.1. The Morgan fingerprint density at radius 3 is 0.863 bits per heavy atom. The van der Waals surface area contributed by atoms with E-state index < -0.39 is 35.6 Å². The number of ketones is 2. The zero-order chi connectivity index (χ0) is 88.8. The van der Waals surface area contributed by atoms with Crippen molar-refractivity contribution in [3.05, 3.63) is 329 Å². The molecular weight excluding hydrogens is 1600 g/mol. The molecule has 0 saturated heterocycles. The van der Waals surface area contributed by atoms with Gasteiger partial charge in [-0.15, -0.1) is 0 Å². The molecule has 0 spiro atoms. The number of Topliss-reactive ketones (excluding diaryl/α,β-unsaturated/α-hetero) is 1. The average molecular weight is 1690 g/mol. The van der Waals surface area contributed by atoms with Crippen LogP contribution in [0.25, 0.3) is 33.8 Å². The Morgan fingerprint density at radius 1 is 0.363 bits per heavy atom. The van der Waals surface area contributed by atoms with Gasteiger partial charge in [0.25, 0.3) is 0 Å². The number of esters is 3. The number of nitrogens with two attached hydrogens (primary N) is 6. The molecule has 4 amide bonds. The van der Waals surface area contributed by atoms with Gasteiger partial charge in [0.1, 0.15) is 0 Å². The minimum absolute atomic E-state index is 0.